The summed E-state index contributed by atoms with van der Waals surface area (Å²) in [5.74, 6) is 0. The van der Waals surface area contributed by atoms with Gasteiger partial charge in [-0.1, -0.05) is 25.1 Å². The molecule has 0 atom stereocenters. The maximum absolute atomic E-state index is 3.46. The second-order valence-electron chi connectivity index (χ2n) is 4.58. The number of nitrogens with zero attached hydrogens (tertiary/aromatic N) is 1. The van der Waals surface area contributed by atoms with Gasteiger partial charge in [-0.3, -0.25) is 0 Å². The molecule has 16 heavy (non-hydrogen) atoms. The maximum atomic E-state index is 3.46. The van der Waals surface area contributed by atoms with Crippen LogP contribution in [0.1, 0.15) is 23.7 Å². The van der Waals surface area contributed by atoms with Crippen LogP contribution < -0.4 is 5.32 Å². The SMILES string of the molecule is CCc1cccc2c3c(n(C)c12)CNCC3. The Kier molecular flexibility index (Phi) is 2.25. The molecule has 1 aliphatic heterocycles. The van der Waals surface area contributed by atoms with E-state index in [0.717, 1.165) is 19.5 Å². The summed E-state index contributed by atoms with van der Waals surface area (Å²) in [5, 5.41) is 4.93. The average molecular weight is 214 g/mol. The Labute approximate surface area is 96.3 Å². The monoisotopic (exact) mass is 214 g/mol. The smallest absolute Gasteiger partial charge is 0.0515 e. The first-order chi connectivity index (χ1) is 7.83. The van der Waals surface area contributed by atoms with Gasteiger partial charge in [-0.25, -0.2) is 0 Å². The molecule has 0 saturated carbocycles. The van der Waals surface area contributed by atoms with E-state index in [-0.39, 0.29) is 0 Å². The minimum Gasteiger partial charge on any atom is -0.346 e. The number of hydrogen-bond acceptors (Lipinski definition) is 1. The molecule has 0 saturated heterocycles. The van der Waals surface area contributed by atoms with E-state index in [2.05, 4.69) is 42.1 Å². The molecule has 0 spiro atoms. The van der Waals surface area contributed by atoms with Crippen LogP contribution in [0.15, 0.2) is 18.2 Å². The molecule has 1 aromatic carbocycles. The fourth-order valence-corrected chi connectivity index (χ4v) is 2.93. The van der Waals surface area contributed by atoms with Crippen molar-refractivity contribution in [2.24, 2.45) is 7.05 Å². The number of aromatic nitrogens is 1. The molecule has 0 unspecified atom stereocenters. The van der Waals surface area contributed by atoms with E-state index in [1.54, 1.807) is 5.56 Å². The third-order valence-electron chi connectivity index (χ3n) is 3.76. The number of nitrogens with one attached hydrogen (secondary N) is 1. The molecule has 2 heteroatoms. The number of rotatable bonds is 1. The van der Waals surface area contributed by atoms with Crippen LogP contribution in [0, 0.1) is 0 Å². The van der Waals surface area contributed by atoms with Gasteiger partial charge in [0, 0.05) is 24.7 Å². The topological polar surface area (TPSA) is 17.0 Å². The van der Waals surface area contributed by atoms with Gasteiger partial charge in [0.15, 0.2) is 0 Å². The van der Waals surface area contributed by atoms with E-state index in [0.29, 0.717) is 0 Å². The van der Waals surface area contributed by atoms with Crippen LogP contribution in [0.3, 0.4) is 0 Å². The summed E-state index contributed by atoms with van der Waals surface area (Å²) in [7, 11) is 2.20. The first-order valence-corrected chi connectivity index (χ1v) is 6.11. The lowest BCUT2D eigenvalue weighted by atomic mass is 10.0. The molecule has 0 radical (unpaired) electrons. The number of para-hydroxylation sites is 1. The van der Waals surface area contributed by atoms with Gasteiger partial charge in [-0.15, -0.1) is 0 Å². The predicted octanol–water partition coefficient (Wildman–Crippen LogP) is 2.39. The minimum absolute atomic E-state index is 1.02. The van der Waals surface area contributed by atoms with Crippen LogP contribution in [0.4, 0.5) is 0 Å². The zero-order chi connectivity index (χ0) is 11.1. The van der Waals surface area contributed by atoms with E-state index in [4.69, 9.17) is 0 Å². The van der Waals surface area contributed by atoms with Crippen LogP contribution >= 0.6 is 0 Å². The molecule has 2 nitrogen and oxygen atoms in total. The van der Waals surface area contributed by atoms with Crippen LogP contribution in [0.5, 0.6) is 0 Å². The Bertz CT molecular complexity index is 537. The lowest BCUT2D eigenvalue weighted by Gasteiger charge is -2.14. The van der Waals surface area contributed by atoms with Gasteiger partial charge in [0.1, 0.15) is 0 Å². The molecule has 2 heterocycles. The van der Waals surface area contributed by atoms with E-state index in [1.165, 1.54) is 28.6 Å². The van der Waals surface area contributed by atoms with Crippen molar-refractivity contribution in [2.45, 2.75) is 26.3 Å². The molecule has 0 aliphatic carbocycles. The van der Waals surface area contributed by atoms with Crippen molar-refractivity contribution in [2.75, 3.05) is 6.54 Å². The molecule has 84 valence electrons. The van der Waals surface area contributed by atoms with Gasteiger partial charge in [0.05, 0.1) is 5.52 Å². The van der Waals surface area contributed by atoms with E-state index in [9.17, 15) is 0 Å². The van der Waals surface area contributed by atoms with Crippen molar-refractivity contribution in [3.8, 4) is 0 Å². The molecular formula is C14H18N2. The van der Waals surface area contributed by atoms with Crippen molar-refractivity contribution in [3.05, 3.63) is 35.0 Å². The normalized spacial score (nSPS) is 15.4. The number of aryl methyl sites for hydroxylation is 2. The predicted molar refractivity (Wildman–Crippen MR) is 67.7 cm³/mol. The quantitative estimate of drug-likeness (QED) is 0.771. The minimum atomic E-state index is 1.02. The lowest BCUT2D eigenvalue weighted by molar-refractivity contribution is 0.614. The first kappa shape index (κ1) is 9.91. The Morgan fingerprint density at radius 3 is 3.06 bits per heavy atom. The standard InChI is InChI=1S/C14H18N2/c1-3-10-5-4-6-12-11-7-8-15-9-13(11)16(2)14(10)12/h4-6,15H,3,7-9H2,1-2H3. The van der Waals surface area contributed by atoms with Crippen molar-refractivity contribution >= 4 is 10.9 Å². The number of fused-ring (bicyclic) bond motifs is 3. The highest BCUT2D eigenvalue weighted by Crippen LogP contribution is 2.30. The van der Waals surface area contributed by atoms with Crippen molar-refractivity contribution in [3.63, 3.8) is 0 Å². The summed E-state index contributed by atoms with van der Waals surface area (Å²) in [6, 6.07) is 6.73. The van der Waals surface area contributed by atoms with Gasteiger partial charge >= 0.3 is 0 Å². The van der Waals surface area contributed by atoms with Crippen molar-refractivity contribution < 1.29 is 0 Å². The molecular weight excluding hydrogens is 196 g/mol. The highest BCUT2D eigenvalue weighted by atomic mass is 15.0. The van der Waals surface area contributed by atoms with E-state index >= 15 is 0 Å². The Morgan fingerprint density at radius 1 is 1.38 bits per heavy atom. The highest BCUT2D eigenvalue weighted by molar-refractivity contribution is 5.88. The number of hydrogen-bond donors (Lipinski definition) is 1. The number of benzene rings is 1. The van der Waals surface area contributed by atoms with Gasteiger partial charge in [-0.2, -0.15) is 0 Å². The molecule has 1 N–H and O–H groups in total. The lowest BCUT2D eigenvalue weighted by Crippen LogP contribution is -2.24. The van der Waals surface area contributed by atoms with Crippen LogP contribution in [-0.4, -0.2) is 11.1 Å². The molecule has 1 aromatic heterocycles. The van der Waals surface area contributed by atoms with Crippen molar-refractivity contribution in [1.29, 1.82) is 0 Å². The molecule has 0 amide bonds. The summed E-state index contributed by atoms with van der Waals surface area (Å²) in [4.78, 5) is 0. The van der Waals surface area contributed by atoms with E-state index < -0.39 is 0 Å². The maximum Gasteiger partial charge on any atom is 0.0515 e. The molecule has 0 bridgehead atoms. The van der Waals surface area contributed by atoms with Crippen LogP contribution in [0.2, 0.25) is 0 Å². The van der Waals surface area contributed by atoms with Gasteiger partial charge in [-0.05, 0) is 30.5 Å². The fraction of sp³-hybridized carbons (Fsp3) is 0.429. The van der Waals surface area contributed by atoms with Crippen LogP contribution in [-0.2, 0) is 26.4 Å². The van der Waals surface area contributed by atoms with E-state index in [1.807, 2.05) is 0 Å². The summed E-state index contributed by atoms with van der Waals surface area (Å²) < 4.78 is 2.38. The molecule has 3 rings (SSSR count). The van der Waals surface area contributed by atoms with Gasteiger partial charge in [0.2, 0.25) is 0 Å². The third-order valence-corrected chi connectivity index (χ3v) is 3.76. The Morgan fingerprint density at radius 2 is 2.25 bits per heavy atom. The Hall–Kier alpha value is -1.28. The molecule has 1 aliphatic rings. The third kappa shape index (κ3) is 1.23. The summed E-state index contributed by atoms with van der Waals surface area (Å²) in [5.41, 5.74) is 5.95. The van der Waals surface area contributed by atoms with Gasteiger partial charge in [0.25, 0.3) is 0 Å². The summed E-state index contributed by atoms with van der Waals surface area (Å²) in [6.45, 7) is 4.37. The largest absolute Gasteiger partial charge is 0.346 e. The average Bonchev–Trinajstić information content (AvgIpc) is 2.64. The molecule has 2 aromatic rings. The second kappa shape index (κ2) is 3.63. The summed E-state index contributed by atoms with van der Waals surface area (Å²) in [6.07, 6.45) is 2.28. The molecule has 0 fully saturated rings. The fourth-order valence-electron chi connectivity index (χ4n) is 2.93. The zero-order valence-corrected chi connectivity index (χ0v) is 10.0. The van der Waals surface area contributed by atoms with Crippen molar-refractivity contribution in [1.82, 2.24) is 9.88 Å². The van der Waals surface area contributed by atoms with Crippen LogP contribution in [0.25, 0.3) is 10.9 Å². The zero-order valence-electron chi connectivity index (χ0n) is 10.0. The Balaban J connectivity index is 2.39. The second-order valence-corrected chi connectivity index (χ2v) is 4.58. The first-order valence-electron chi connectivity index (χ1n) is 6.11. The van der Waals surface area contributed by atoms with Gasteiger partial charge < -0.3 is 9.88 Å². The highest BCUT2D eigenvalue weighted by Gasteiger charge is 2.18. The summed E-state index contributed by atoms with van der Waals surface area (Å²) >= 11 is 0.